The van der Waals surface area contributed by atoms with Crippen LogP contribution in [0, 0.1) is 33.5 Å². The van der Waals surface area contributed by atoms with Crippen molar-refractivity contribution in [2.75, 3.05) is 0 Å². The Labute approximate surface area is 137 Å². The molecule has 0 saturated carbocycles. The van der Waals surface area contributed by atoms with E-state index in [4.69, 9.17) is 0 Å². The fourth-order valence-corrected chi connectivity index (χ4v) is 2.86. The molecule has 3 aromatic rings. The highest BCUT2D eigenvalue weighted by Crippen LogP contribution is 2.29. The van der Waals surface area contributed by atoms with Crippen LogP contribution >= 0.6 is 0 Å². The molecule has 0 radical (unpaired) electrons. The van der Waals surface area contributed by atoms with Crippen molar-refractivity contribution in [1.29, 1.82) is 0 Å². The van der Waals surface area contributed by atoms with Gasteiger partial charge in [-0.05, 0) is 78.3 Å². The first-order chi connectivity index (χ1) is 11.0. The molecule has 116 valence electrons. The Bertz CT molecular complexity index is 858. The minimum Gasteiger partial charge on any atom is -0.207 e. The van der Waals surface area contributed by atoms with Crippen LogP contribution in [0.1, 0.15) is 22.3 Å². The summed E-state index contributed by atoms with van der Waals surface area (Å²) in [5.41, 5.74) is 8.98. The van der Waals surface area contributed by atoms with E-state index in [2.05, 4.69) is 56.3 Å². The molecule has 3 rings (SSSR count). The Balaban J connectivity index is 1.99. The second kappa shape index (κ2) is 6.00. The Morgan fingerprint density at radius 1 is 0.565 bits per heavy atom. The molecule has 0 amide bonds. The van der Waals surface area contributed by atoms with E-state index in [1.165, 1.54) is 22.3 Å². The molecule has 0 saturated heterocycles. The molecule has 0 heterocycles. The first kappa shape index (κ1) is 15.5. The molecule has 0 bridgehead atoms. The van der Waals surface area contributed by atoms with Crippen LogP contribution in [0.15, 0.2) is 54.6 Å². The van der Waals surface area contributed by atoms with E-state index in [-0.39, 0.29) is 5.82 Å². The molecule has 0 fully saturated rings. The zero-order valence-corrected chi connectivity index (χ0v) is 14.1. The van der Waals surface area contributed by atoms with Gasteiger partial charge in [-0.15, -0.1) is 0 Å². The average Bonchev–Trinajstić information content (AvgIpc) is 2.56. The van der Waals surface area contributed by atoms with Gasteiger partial charge < -0.3 is 0 Å². The predicted molar refractivity (Wildman–Crippen MR) is 96.2 cm³/mol. The Kier molecular flexibility index (Phi) is 4.04. The van der Waals surface area contributed by atoms with Crippen molar-refractivity contribution in [3.05, 3.63) is 82.7 Å². The maximum atomic E-state index is 13.6. The number of hydrogen-bond donors (Lipinski definition) is 0. The van der Waals surface area contributed by atoms with E-state index >= 15 is 0 Å². The maximum absolute atomic E-state index is 13.6. The van der Waals surface area contributed by atoms with E-state index in [0.29, 0.717) is 0 Å². The Morgan fingerprint density at radius 2 is 1.17 bits per heavy atom. The first-order valence-corrected chi connectivity index (χ1v) is 7.91. The quantitative estimate of drug-likeness (QED) is 0.514. The smallest absolute Gasteiger partial charge is 0.126 e. The molecule has 0 nitrogen and oxygen atoms in total. The number of hydrogen-bond acceptors (Lipinski definition) is 0. The maximum Gasteiger partial charge on any atom is 0.126 e. The Hall–Kier alpha value is -2.41. The van der Waals surface area contributed by atoms with Gasteiger partial charge in [-0.3, -0.25) is 0 Å². The summed E-state index contributed by atoms with van der Waals surface area (Å²) in [4.78, 5) is 0. The van der Waals surface area contributed by atoms with Crippen LogP contribution in [0.5, 0.6) is 0 Å². The molecule has 23 heavy (non-hydrogen) atoms. The van der Waals surface area contributed by atoms with Gasteiger partial charge in [-0.2, -0.15) is 0 Å². The van der Waals surface area contributed by atoms with Crippen molar-refractivity contribution in [2.24, 2.45) is 0 Å². The normalized spacial score (nSPS) is 10.8. The SMILES string of the molecule is Cc1ccc(-c2ccc(-c3ccc(F)c(C)c3C)cc2)cc1C. The largest absolute Gasteiger partial charge is 0.207 e. The van der Waals surface area contributed by atoms with Crippen molar-refractivity contribution in [3.63, 3.8) is 0 Å². The molecule has 3 aromatic carbocycles. The van der Waals surface area contributed by atoms with E-state index in [9.17, 15) is 4.39 Å². The first-order valence-electron chi connectivity index (χ1n) is 7.91. The molecule has 0 aliphatic rings. The lowest BCUT2D eigenvalue weighted by Crippen LogP contribution is -1.91. The molecule has 0 aromatic heterocycles. The monoisotopic (exact) mass is 304 g/mol. The lowest BCUT2D eigenvalue weighted by Gasteiger charge is -2.11. The summed E-state index contributed by atoms with van der Waals surface area (Å²) in [6, 6.07) is 18.5. The highest BCUT2D eigenvalue weighted by molar-refractivity contribution is 5.73. The molecule has 1 heteroatoms. The second-order valence-electron chi connectivity index (χ2n) is 6.22. The third-order valence-electron chi connectivity index (χ3n) is 4.76. The van der Waals surface area contributed by atoms with Crippen LogP contribution in [-0.4, -0.2) is 0 Å². The molecular formula is C22H21F. The van der Waals surface area contributed by atoms with Crippen molar-refractivity contribution >= 4 is 0 Å². The van der Waals surface area contributed by atoms with Gasteiger partial charge in [0.2, 0.25) is 0 Å². The standard InChI is InChI=1S/C22H21F/c1-14-5-6-20(13-15(14)2)18-7-9-19(10-8-18)21-11-12-22(23)17(4)16(21)3/h5-13H,1-4H3. The second-order valence-corrected chi connectivity index (χ2v) is 6.22. The zero-order valence-electron chi connectivity index (χ0n) is 14.1. The third-order valence-corrected chi connectivity index (χ3v) is 4.76. The number of benzene rings is 3. The van der Waals surface area contributed by atoms with Crippen LogP contribution in [0.2, 0.25) is 0 Å². The van der Waals surface area contributed by atoms with E-state index in [0.717, 1.165) is 22.3 Å². The predicted octanol–water partition coefficient (Wildman–Crippen LogP) is 6.39. The van der Waals surface area contributed by atoms with Gasteiger partial charge >= 0.3 is 0 Å². The molecule has 0 aliphatic heterocycles. The summed E-state index contributed by atoms with van der Waals surface area (Å²) in [6.45, 7) is 8.07. The fraction of sp³-hybridized carbons (Fsp3) is 0.182. The summed E-state index contributed by atoms with van der Waals surface area (Å²) in [6.07, 6.45) is 0. The van der Waals surface area contributed by atoms with Gasteiger partial charge in [0.05, 0.1) is 0 Å². The minimum absolute atomic E-state index is 0.141. The molecular weight excluding hydrogens is 283 g/mol. The van der Waals surface area contributed by atoms with Crippen LogP contribution in [0.4, 0.5) is 4.39 Å². The highest BCUT2D eigenvalue weighted by Gasteiger charge is 2.08. The van der Waals surface area contributed by atoms with Crippen molar-refractivity contribution in [2.45, 2.75) is 27.7 Å². The molecule has 0 unspecified atom stereocenters. The number of aryl methyl sites for hydroxylation is 2. The van der Waals surface area contributed by atoms with Crippen LogP contribution in [0.3, 0.4) is 0 Å². The topological polar surface area (TPSA) is 0 Å². The van der Waals surface area contributed by atoms with E-state index in [1.54, 1.807) is 6.07 Å². The van der Waals surface area contributed by atoms with E-state index < -0.39 is 0 Å². The van der Waals surface area contributed by atoms with Gasteiger partial charge in [-0.1, -0.05) is 48.5 Å². The van der Waals surface area contributed by atoms with Crippen LogP contribution in [0.25, 0.3) is 22.3 Å². The Morgan fingerprint density at radius 3 is 1.83 bits per heavy atom. The van der Waals surface area contributed by atoms with E-state index in [1.807, 2.05) is 19.9 Å². The van der Waals surface area contributed by atoms with Crippen LogP contribution < -0.4 is 0 Å². The molecule has 0 N–H and O–H groups in total. The van der Waals surface area contributed by atoms with Crippen molar-refractivity contribution < 1.29 is 4.39 Å². The van der Waals surface area contributed by atoms with Crippen molar-refractivity contribution in [3.8, 4) is 22.3 Å². The summed E-state index contributed by atoms with van der Waals surface area (Å²) >= 11 is 0. The average molecular weight is 304 g/mol. The molecule has 0 aliphatic carbocycles. The summed E-state index contributed by atoms with van der Waals surface area (Å²) in [5, 5.41) is 0. The lowest BCUT2D eigenvalue weighted by molar-refractivity contribution is 0.617. The third kappa shape index (κ3) is 2.92. The van der Waals surface area contributed by atoms with Crippen LogP contribution in [-0.2, 0) is 0 Å². The molecule has 0 spiro atoms. The highest BCUT2D eigenvalue weighted by atomic mass is 19.1. The van der Waals surface area contributed by atoms with Gasteiger partial charge in [0.1, 0.15) is 5.82 Å². The van der Waals surface area contributed by atoms with Gasteiger partial charge in [0.15, 0.2) is 0 Å². The lowest BCUT2D eigenvalue weighted by atomic mass is 9.94. The summed E-state index contributed by atoms with van der Waals surface area (Å²) < 4.78 is 13.6. The number of rotatable bonds is 2. The van der Waals surface area contributed by atoms with Gasteiger partial charge in [0.25, 0.3) is 0 Å². The van der Waals surface area contributed by atoms with Gasteiger partial charge in [0, 0.05) is 0 Å². The summed E-state index contributed by atoms with van der Waals surface area (Å²) in [7, 11) is 0. The zero-order chi connectivity index (χ0) is 16.6. The summed E-state index contributed by atoms with van der Waals surface area (Å²) in [5.74, 6) is -0.141. The van der Waals surface area contributed by atoms with Gasteiger partial charge in [-0.25, -0.2) is 4.39 Å². The molecule has 0 atom stereocenters. The minimum atomic E-state index is -0.141. The van der Waals surface area contributed by atoms with Crippen molar-refractivity contribution in [1.82, 2.24) is 0 Å². The fourth-order valence-electron chi connectivity index (χ4n) is 2.86. The number of halogens is 1.